The summed E-state index contributed by atoms with van der Waals surface area (Å²) in [6.07, 6.45) is 4.20. The van der Waals surface area contributed by atoms with Crippen LogP contribution in [0, 0.1) is 0 Å². The Morgan fingerprint density at radius 3 is 1.91 bits per heavy atom. The molecule has 0 bridgehead atoms. The number of rotatable bonds is 1. The Morgan fingerprint density at radius 1 is 1.18 bits per heavy atom. The van der Waals surface area contributed by atoms with Crippen LogP contribution in [0.4, 0.5) is 14.1 Å². The fourth-order valence-corrected chi connectivity index (χ4v) is 0.794. The van der Waals surface area contributed by atoms with Gasteiger partial charge < -0.3 is 9.80 Å². The summed E-state index contributed by atoms with van der Waals surface area (Å²) >= 11 is 0. The first-order valence-electron chi connectivity index (χ1n) is 2.95. The Kier molecular flexibility index (Phi) is 10.9. The Bertz CT molecular complexity index is 108. The maximum Gasteiger partial charge on any atom is 0.0890 e. The average molecular weight is 172 g/mol. The second-order valence-electron chi connectivity index (χ2n) is 2.10. The van der Waals surface area contributed by atoms with Crippen LogP contribution >= 0.6 is 0 Å². The molecular weight excluding hydrogens is 157 g/mol. The van der Waals surface area contributed by atoms with E-state index in [1.165, 1.54) is 0 Å². The number of hydrogen-bond acceptors (Lipinski definition) is 2. The molecular formula is C6H15F3N2. The van der Waals surface area contributed by atoms with Crippen LogP contribution in [-0.2, 0) is 0 Å². The van der Waals surface area contributed by atoms with E-state index < -0.39 is 0 Å². The minimum Gasteiger partial charge on any atom is -0.362 e. The topological polar surface area (TPSA) is 6.48 Å². The molecule has 0 unspecified atom stereocenters. The van der Waals surface area contributed by atoms with Crippen molar-refractivity contribution in [2.75, 3.05) is 20.3 Å². The number of hydrogen-bond donors (Lipinski definition) is 0. The predicted octanol–water partition coefficient (Wildman–Crippen LogP) is 1.14. The second kappa shape index (κ2) is 7.24. The van der Waals surface area contributed by atoms with Gasteiger partial charge in [0.15, 0.2) is 0 Å². The van der Waals surface area contributed by atoms with E-state index in [4.69, 9.17) is 0 Å². The molecule has 0 atom stereocenters. The van der Waals surface area contributed by atoms with Gasteiger partial charge in [-0.3, -0.25) is 14.1 Å². The number of nitrogens with zero attached hydrogens (tertiary/aromatic N) is 2. The summed E-state index contributed by atoms with van der Waals surface area (Å²) in [5.41, 5.74) is 0. The summed E-state index contributed by atoms with van der Waals surface area (Å²) in [4.78, 5) is 4.41. The van der Waals surface area contributed by atoms with Gasteiger partial charge in [-0.25, -0.2) is 0 Å². The second-order valence-corrected chi connectivity index (χ2v) is 2.10. The molecule has 1 heterocycles. The maximum atomic E-state index is 2.25. The molecule has 0 aromatic carbocycles. The van der Waals surface area contributed by atoms with E-state index in [-0.39, 0.29) is 14.1 Å². The lowest BCUT2D eigenvalue weighted by Crippen LogP contribution is -2.21. The van der Waals surface area contributed by atoms with Crippen LogP contribution in [0.15, 0.2) is 12.4 Å². The fourth-order valence-electron chi connectivity index (χ4n) is 0.794. The summed E-state index contributed by atoms with van der Waals surface area (Å²) in [6, 6.07) is 0. The van der Waals surface area contributed by atoms with Gasteiger partial charge >= 0.3 is 0 Å². The van der Waals surface area contributed by atoms with E-state index in [0.717, 1.165) is 13.2 Å². The van der Waals surface area contributed by atoms with Gasteiger partial charge in [0, 0.05) is 26.0 Å². The zero-order chi connectivity index (χ0) is 5.98. The zero-order valence-electron chi connectivity index (χ0n) is 6.69. The first-order chi connectivity index (χ1) is 3.83. The minimum atomic E-state index is 0. The van der Waals surface area contributed by atoms with Crippen LogP contribution in [0.5, 0.6) is 0 Å². The highest BCUT2D eigenvalue weighted by atomic mass is 19.0. The van der Waals surface area contributed by atoms with Crippen molar-refractivity contribution in [2.45, 2.75) is 6.92 Å². The molecule has 0 saturated heterocycles. The van der Waals surface area contributed by atoms with E-state index in [9.17, 15) is 0 Å². The van der Waals surface area contributed by atoms with Gasteiger partial charge in [0.25, 0.3) is 0 Å². The summed E-state index contributed by atoms with van der Waals surface area (Å²) in [6.45, 7) is 4.32. The van der Waals surface area contributed by atoms with E-state index in [1.807, 2.05) is 0 Å². The molecule has 0 aliphatic carbocycles. The van der Waals surface area contributed by atoms with Gasteiger partial charge in [0.2, 0.25) is 0 Å². The van der Waals surface area contributed by atoms with Crippen LogP contribution in [-0.4, -0.2) is 30.1 Å². The Balaban J connectivity index is -0.000000213. The molecule has 0 aromatic heterocycles. The Labute approximate surface area is 64.6 Å². The van der Waals surface area contributed by atoms with Crippen LogP contribution in [0.3, 0.4) is 0 Å². The summed E-state index contributed by atoms with van der Waals surface area (Å²) in [7, 11) is 2.08. The fraction of sp³-hybridized carbons (Fsp3) is 0.667. The third-order valence-electron chi connectivity index (χ3n) is 1.34. The summed E-state index contributed by atoms with van der Waals surface area (Å²) in [5.74, 6) is 0. The largest absolute Gasteiger partial charge is 0.362 e. The van der Waals surface area contributed by atoms with Gasteiger partial charge in [0.1, 0.15) is 0 Å². The lowest BCUT2D eigenvalue weighted by molar-refractivity contribution is 0.308. The molecule has 0 spiro atoms. The number of halogens is 3. The van der Waals surface area contributed by atoms with Crippen molar-refractivity contribution in [3.8, 4) is 0 Å². The monoisotopic (exact) mass is 172 g/mol. The molecule has 0 fully saturated rings. The van der Waals surface area contributed by atoms with Gasteiger partial charge in [-0.15, -0.1) is 0 Å². The standard InChI is InChI=1S/C6H12N2.3FH/c1-3-8-5-4-7(2)6-8;;;/h4-5H,3,6H2,1-2H3;3*1H. The molecule has 70 valence electrons. The van der Waals surface area contributed by atoms with Crippen LogP contribution in [0.2, 0.25) is 0 Å². The normalized spacial score (nSPS) is 13.3. The van der Waals surface area contributed by atoms with Gasteiger partial charge in [-0.05, 0) is 6.92 Å². The molecule has 1 rings (SSSR count). The summed E-state index contributed by atoms with van der Waals surface area (Å²) < 4.78 is 0. The van der Waals surface area contributed by atoms with E-state index in [2.05, 4.69) is 36.2 Å². The van der Waals surface area contributed by atoms with E-state index in [1.54, 1.807) is 0 Å². The SMILES string of the molecule is CCN1C=CN(C)C1.F.F.F. The summed E-state index contributed by atoms with van der Waals surface area (Å²) in [5, 5.41) is 0. The van der Waals surface area contributed by atoms with Crippen molar-refractivity contribution in [3.05, 3.63) is 12.4 Å². The highest BCUT2D eigenvalue weighted by molar-refractivity contribution is 4.87. The molecule has 5 heteroatoms. The maximum absolute atomic E-state index is 2.25. The molecule has 0 aromatic rings. The highest BCUT2D eigenvalue weighted by Crippen LogP contribution is 2.00. The third kappa shape index (κ3) is 4.52. The van der Waals surface area contributed by atoms with Crippen LogP contribution < -0.4 is 0 Å². The molecule has 11 heavy (non-hydrogen) atoms. The molecule has 0 radical (unpaired) electrons. The minimum absolute atomic E-state index is 0. The van der Waals surface area contributed by atoms with Crippen molar-refractivity contribution >= 4 is 0 Å². The van der Waals surface area contributed by atoms with Crippen molar-refractivity contribution in [3.63, 3.8) is 0 Å². The molecule has 1 aliphatic rings. The van der Waals surface area contributed by atoms with Crippen molar-refractivity contribution in [1.82, 2.24) is 9.80 Å². The lowest BCUT2D eigenvalue weighted by atomic mass is 10.6. The quantitative estimate of drug-likeness (QED) is 0.585. The van der Waals surface area contributed by atoms with Gasteiger partial charge in [0.05, 0.1) is 6.67 Å². The van der Waals surface area contributed by atoms with Crippen molar-refractivity contribution in [1.29, 1.82) is 0 Å². The van der Waals surface area contributed by atoms with Crippen LogP contribution in [0.1, 0.15) is 6.92 Å². The van der Waals surface area contributed by atoms with E-state index in [0.29, 0.717) is 0 Å². The van der Waals surface area contributed by atoms with Crippen LogP contribution in [0.25, 0.3) is 0 Å². The molecule has 0 N–H and O–H groups in total. The molecule has 1 aliphatic heterocycles. The van der Waals surface area contributed by atoms with Crippen molar-refractivity contribution in [2.24, 2.45) is 0 Å². The third-order valence-corrected chi connectivity index (χ3v) is 1.34. The first-order valence-corrected chi connectivity index (χ1v) is 2.95. The van der Waals surface area contributed by atoms with Crippen molar-refractivity contribution < 1.29 is 14.1 Å². The smallest absolute Gasteiger partial charge is 0.0890 e. The zero-order valence-corrected chi connectivity index (χ0v) is 6.69. The van der Waals surface area contributed by atoms with Gasteiger partial charge in [-0.1, -0.05) is 0 Å². The Morgan fingerprint density at radius 2 is 1.73 bits per heavy atom. The molecule has 0 amide bonds. The van der Waals surface area contributed by atoms with Gasteiger partial charge in [-0.2, -0.15) is 0 Å². The Hall–Kier alpha value is -0.870. The average Bonchev–Trinajstić information content (AvgIpc) is 2.14. The lowest BCUT2D eigenvalue weighted by Gasteiger charge is -2.14. The highest BCUT2D eigenvalue weighted by Gasteiger charge is 2.03. The van der Waals surface area contributed by atoms with E-state index >= 15 is 0 Å². The predicted molar refractivity (Wildman–Crippen MR) is 41.7 cm³/mol. The molecule has 0 saturated carbocycles. The molecule has 2 nitrogen and oxygen atoms in total. The first kappa shape index (κ1) is 16.6.